The molecule has 0 spiro atoms. The summed E-state index contributed by atoms with van der Waals surface area (Å²) < 4.78 is 0. The van der Waals surface area contributed by atoms with Gasteiger partial charge in [-0.15, -0.1) is 0 Å². The van der Waals surface area contributed by atoms with Gasteiger partial charge in [0.1, 0.15) is 54.4 Å². The van der Waals surface area contributed by atoms with Gasteiger partial charge < -0.3 is 84.4 Å². The topological polar surface area (TPSA) is 458 Å². The lowest BCUT2D eigenvalue weighted by Gasteiger charge is -2.32. The Bertz CT molecular complexity index is 2050. The van der Waals surface area contributed by atoms with E-state index in [0.29, 0.717) is 6.42 Å². The minimum absolute atomic E-state index is 0.0383. The van der Waals surface area contributed by atoms with Gasteiger partial charge in [0, 0.05) is 13.0 Å². The summed E-state index contributed by atoms with van der Waals surface area (Å²) in [5, 5.41) is 68.8. The Morgan fingerprint density at radius 2 is 1.12 bits per heavy atom. The molecule has 76 heavy (non-hydrogen) atoms. The molecule has 29 heteroatoms. The predicted molar refractivity (Wildman–Crippen MR) is 274 cm³/mol. The van der Waals surface area contributed by atoms with Crippen molar-refractivity contribution in [3.63, 3.8) is 0 Å². The van der Waals surface area contributed by atoms with Crippen molar-refractivity contribution in [1.29, 1.82) is 0 Å². The van der Waals surface area contributed by atoms with Crippen LogP contribution in [-0.4, -0.2) is 199 Å². The van der Waals surface area contributed by atoms with Gasteiger partial charge in [-0.3, -0.25) is 52.7 Å². The van der Waals surface area contributed by atoms with E-state index in [0.717, 1.165) is 18.7 Å². The summed E-state index contributed by atoms with van der Waals surface area (Å²) in [7, 11) is 0. The van der Waals surface area contributed by atoms with Crippen LogP contribution in [0.1, 0.15) is 107 Å². The molecule has 0 saturated carbocycles. The highest BCUT2D eigenvalue weighted by Crippen LogP contribution is 2.21. The minimum Gasteiger partial charge on any atom is -0.481 e. The molecule has 1 heterocycles. The third kappa shape index (κ3) is 22.2. The van der Waals surface area contributed by atoms with E-state index >= 15 is 0 Å². The van der Waals surface area contributed by atoms with Crippen molar-refractivity contribution >= 4 is 82.8 Å². The summed E-state index contributed by atoms with van der Waals surface area (Å²) in [6.07, 6.45) is -2.60. The van der Waals surface area contributed by atoms with Crippen LogP contribution in [0.3, 0.4) is 0 Å². The molecule has 1 rings (SSSR count). The first kappa shape index (κ1) is 67.8. The molecule has 28 nitrogen and oxygen atoms in total. The van der Waals surface area contributed by atoms with Crippen LogP contribution in [-0.2, 0) is 57.5 Å². The molecule has 1 aliphatic heterocycles. The van der Waals surface area contributed by atoms with Gasteiger partial charge >= 0.3 is 11.9 Å². The Kier molecular flexibility index (Phi) is 29.5. The fourth-order valence-electron chi connectivity index (χ4n) is 7.82. The van der Waals surface area contributed by atoms with Crippen LogP contribution in [0, 0.1) is 17.8 Å². The van der Waals surface area contributed by atoms with Gasteiger partial charge in [-0.1, -0.05) is 48.0 Å². The Balaban J connectivity index is 3.41. The van der Waals surface area contributed by atoms with E-state index in [2.05, 4.69) is 42.5 Å². The first-order chi connectivity index (χ1) is 35.4. The van der Waals surface area contributed by atoms with E-state index in [1.165, 1.54) is 11.8 Å². The monoisotopic (exact) mass is 1100 g/mol. The quantitative estimate of drug-likeness (QED) is 0.0288. The summed E-state index contributed by atoms with van der Waals surface area (Å²) in [5.41, 5.74) is 11.1. The zero-order valence-corrected chi connectivity index (χ0v) is 45.4. The average Bonchev–Trinajstić information content (AvgIpc) is 3.83. The number of likely N-dealkylation sites (tertiary alicyclic amines) is 1. The fraction of sp³-hybridized carbons (Fsp3) is 0.745. The summed E-state index contributed by atoms with van der Waals surface area (Å²) in [5.74, 6) is -13.3. The van der Waals surface area contributed by atoms with E-state index in [-0.39, 0.29) is 43.9 Å². The van der Waals surface area contributed by atoms with Crippen LogP contribution in [0.15, 0.2) is 0 Å². The standard InChI is InChI=1S/C47H81N11O17S/c1-10-23(6)35(55-38(65)26(48)19-33(63)64)44(71)54-34(22(4)5)43(70)51-28(15-17-76-9)40(67)56-36(24(7)60)45(72)50-27(13-14-32(49)62)39(66)57-37(25(8)61)46(73)58-16-11-12-31(58)42(69)52-29(18-21(2)3)41(68)53-30(20-59)47(74)75/h21-31,34-37,59-61H,10-20,48H2,1-9H3,(H2,49,62)(H,50,72)(H,51,70)(H,52,69)(H,53,68)(H,54,71)(H,55,65)(H,56,67)(H,57,66)(H,63,64)(H,74,75)/t23-,24+,25+,26-,27-,28-,29-,30-,31-,34-,35-,36-,37-/m0/s1. The maximum Gasteiger partial charge on any atom is 0.328 e. The number of rotatable bonds is 34. The van der Waals surface area contributed by atoms with E-state index in [1.54, 1.807) is 47.8 Å². The number of carboxylic acid groups (broad SMARTS) is 2. The number of nitrogens with zero attached hydrogens (tertiary/aromatic N) is 1. The van der Waals surface area contributed by atoms with Gasteiger partial charge in [0.25, 0.3) is 0 Å². The van der Waals surface area contributed by atoms with Crippen molar-refractivity contribution in [2.75, 3.05) is 25.2 Å². The third-order valence-corrected chi connectivity index (χ3v) is 13.1. The van der Waals surface area contributed by atoms with Crippen LogP contribution < -0.4 is 54.0 Å². The highest BCUT2D eigenvalue weighted by molar-refractivity contribution is 7.98. The molecule has 432 valence electrons. The number of nitrogens with one attached hydrogen (secondary N) is 8. The molecule has 0 aromatic heterocycles. The van der Waals surface area contributed by atoms with Gasteiger partial charge in [0.2, 0.25) is 59.1 Å². The van der Waals surface area contributed by atoms with Crippen molar-refractivity contribution < 1.29 is 83.1 Å². The van der Waals surface area contributed by atoms with Crippen molar-refractivity contribution in [3.05, 3.63) is 0 Å². The largest absolute Gasteiger partial charge is 0.481 e. The smallest absolute Gasteiger partial charge is 0.328 e. The van der Waals surface area contributed by atoms with Crippen molar-refractivity contribution in [2.45, 2.75) is 179 Å². The second-order valence-electron chi connectivity index (χ2n) is 19.6. The summed E-state index contributed by atoms with van der Waals surface area (Å²) >= 11 is 1.30. The summed E-state index contributed by atoms with van der Waals surface area (Å²) in [6.45, 7) is 11.4. The number of aliphatic hydroxyl groups is 3. The molecule has 13 atom stereocenters. The molecular weight excluding hydrogens is 1020 g/mol. The lowest BCUT2D eigenvalue weighted by Crippen LogP contribution is -2.63. The summed E-state index contributed by atoms with van der Waals surface area (Å²) in [6, 6.07) is -15.0. The van der Waals surface area contributed by atoms with E-state index in [4.69, 9.17) is 16.6 Å². The molecule has 0 bridgehead atoms. The number of carbonyl (C=O) groups excluding carboxylic acids is 10. The Morgan fingerprint density at radius 3 is 1.59 bits per heavy atom. The lowest BCUT2D eigenvalue weighted by molar-refractivity contribution is -0.145. The third-order valence-electron chi connectivity index (χ3n) is 12.4. The zero-order chi connectivity index (χ0) is 58.3. The molecular formula is C47H81N11O17S. The molecule has 0 unspecified atom stereocenters. The molecule has 0 radical (unpaired) electrons. The van der Waals surface area contributed by atoms with Gasteiger partial charge in [0.05, 0.1) is 31.3 Å². The highest BCUT2D eigenvalue weighted by atomic mass is 32.2. The Morgan fingerprint density at radius 1 is 0.632 bits per heavy atom. The van der Waals surface area contributed by atoms with Gasteiger partial charge in [0.15, 0.2) is 0 Å². The number of hydrogen-bond acceptors (Lipinski definition) is 17. The molecule has 0 aromatic rings. The van der Waals surface area contributed by atoms with Crippen molar-refractivity contribution in [2.24, 2.45) is 29.2 Å². The molecule has 1 fully saturated rings. The van der Waals surface area contributed by atoms with E-state index in [9.17, 15) is 78.0 Å². The van der Waals surface area contributed by atoms with Crippen molar-refractivity contribution in [3.8, 4) is 0 Å². The number of nitrogens with two attached hydrogens (primary N) is 2. The molecule has 10 amide bonds. The van der Waals surface area contributed by atoms with Crippen LogP contribution in [0.5, 0.6) is 0 Å². The number of thioether (sulfide) groups is 1. The second-order valence-corrected chi connectivity index (χ2v) is 20.6. The van der Waals surface area contributed by atoms with Crippen LogP contribution in [0.25, 0.3) is 0 Å². The van der Waals surface area contributed by atoms with Gasteiger partial charge in [-0.25, -0.2) is 4.79 Å². The predicted octanol–water partition coefficient (Wildman–Crippen LogP) is -4.74. The Hall–Kier alpha value is -6.17. The van der Waals surface area contributed by atoms with Gasteiger partial charge in [-0.05, 0) is 75.7 Å². The molecule has 1 saturated heterocycles. The van der Waals surface area contributed by atoms with E-state index < -0.39 is 181 Å². The maximum atomic E-state index is 14.1. The number of aliphatic carboxylic acids is 2. The van der Waals surface area contributed by atoms with Gasteiger partial charge in [-0.2, -0.15) is 11.8 Å². The Labute approximate surface area is 445 Å². The molecule has 0 aliphatic carbocycles. The first-order valence-corrected chi connectivity index (χ1v) is 26.5. The normalized spacial score (nSPS) is 18.1. The van der Waals surface area contributed by atoms with Crippen LogP contribution in [0.2, 0.25) is 0 Å². The highest BCUT2D eigenvalue weighted by Gasteiger charge is 2.42. The van der Waals surface area contributed by atoms with E-state index in [1.807, 2.05) is 0 Å². The number of aliphatic hydroxyl groups excluding tert-OH is 3. The lowest BCUT2D eigenvalue weighted by atomic mass is 9.96. The number of amides is 10. The summed E-state index contributed by atoms with van der Waals surface area (Å²) in [4.78, 5) is 159. The number of carbonyl (C=O) groups is 12. The SMILES string of the molecule is CC[C@H](C)[C@H](NC(=O)[C@@H](N)CC(=O)O)C(=O)N[C@H](C(=O)N[C@@H](CCSC)C(=O)N[C@H](C(=O)N[C@@H](CCC(N)=O)C(=O)N[C@H](C(=O)N1CCC[C@H]1C(=O)N[C@@H](CC(C)C)C(=O)N[C@@H](CO)C(=O)O)[C@@H](C)O)[C@@H](C)O)C(C)C. The zero-order valence-electron chi connectivity index (χ0n) is 44.6. The number of primary amides is 1. The molecule has 1 aliphatic rings. The molecule has 0 aromatic carbocycles. The van der Waals surface area contributed by atoms with Crippen LogP contribution >= 0.6 is 11.8 Å². The second kappa shape index (κ2) is 33.1. The van der Waals surface area contributed by atoms with Crippen LogP contribution in [0.4, 0.5) is 0 Å². The number of hydrogen-bond donors (Lipinski definition) is 15. The minimum atomic E-state index is -1.84. The fourth-order valence-corrected chi connectivity index (χ4v) is 8.29. The average molecular weight is 1100 g/mol. The number of carboxylic acids is 2. The molecule has 17 N–H and O–H groups in total. The first-order valence-electron chi connectivity index (χ1n) is 25.1. The van der Waals surface area contributed by atoms with Crippen molar-refractivity contribution in [1.82, 2.24) is 47.4 Å². The maximum absolute atomic E-state index is 14.1.